The maximum atomic E-state index is 12.2. The molecule has 7 heteroatoms. The van der Waals surface area contributed by atoms with Crippen molar-refractivity contribution in [1.82, 2.24) is 20.1 Å². The second-order valence-corrected chi connectivity index (χ2v) is 5.59. The van der Waals surface area contributed by atoms with E-state index in [0.29, 0.717) is 19.5 Å². The molecule has 19 heavy (non-hydrogen) atoms. The van der Waals surface area contributed by atoms with E-state index in [9.17, 15) is 9.90 Å². The molecule has 2 fully saturated rings. The minimum atomic E-state index is -0.574. The van der Waals surface area contributed by atoms with Crippen LogP contribution in [0.3, 0.4) is 0 Å². The van der Waals surface area contributed by atoms with Crippen molar-refractivity contribution in [2.75, 3.05) is 18.8 Å². The summed E-state index contributed by atoms with van der Waals surface area (Å²) in [4.78, 5) is 17.9. The number of likely N-dealkylation sites (tertiary alicyclic amines) is 1. The number of nitrogens with two attached hydrogens (primary N) is 1. The number of aliphatic hydroxyl groups is 1. The van der Waals surface area contributed by atoms with Crippen LogP contribution in [0.5, 0.6) is 0 Å². The fraction of sp³-hybridized carbons (Fsp3) is 0.750. The first-order valence-corrected chi connectivity index (χ1v) is 6.78. The first kappa shape index (κ1) is 12.4. The van der Waals surface area contributed by atoms with Crippen LogP contribution in [0, 0.1) is 5.92 Å². The highest BCUT2D eigenvalue weighted by Gasteiger charge is 2.44. The predicted octanol–water partition coefficient (Wildman–Crippen LogP) is 0.154. The average Bonchev–Trinajstić information content (AvgIpc) is 2.83. The van der Waals surface area contributed by atoms with E-state index < -0.39 is 5.60 Å². The van der Waals surface area contributed by atoms with Crippen LogP contribution in [0.15, 0.2) is 0 Å². The van der Waals surface area contributed by atoms with Gasteiger partial charge in [-0.3, -0.25) is 9.89 Å². The number of hydrogen-bond donors (Lipinski definition) is 3. The third-order valence-electron chi connectivity index (χ3n) is 4.42. The molecule has 1 aromatic heterocycles. The average molecular weight is 265 g/mol. The molecule has 1 aromatic rings. The summed E-state index contributed by atoms with van der Waals surface area (Å²) in [6.07, 6.45) is 4.70. The summed E-state index contributed by atoms with van der Waals surface area (Å²) in [5.41, 5.74) is 4.84. The molecular weight excluding hydrogens is 246 g/mol. The molecular formula is C12H19N5O2. The highest BCUT2D eigenvalue weighted by molar-refractivity contribution is 5.90. The lowest BCUT2D eigenvalue weighted by Gasteiger charge is -2.47. The van der Waals surface area contributed by atoms with Crippen LogP contribution in [-0.2, 0) is 0 Å². The van der Waals surface area contributed by atoms with Crippen molar-refractivity contribution in [3.05, 3.63) is 5.82 Å². The summed E-state index contributed by atoms with van der Waals surface area (Å²) in [5.74, 6) is 0.254. The van der Waals surface area contributed by atoms with E-state index in [1.807, 2.05) is 0 Å². The molecule has 1 aliphatic heterocycles. The van der Waals surface area contributed by atoms with Crippen LogP contribution in [-0.4, -0.2) is 49.8 Å². The maximum absolute atomic E-state index is 12.2. The molecule has 1 saturated carbocycles. The fourth-order valence-corrected chi connectivity index (χ4v) is 3.28. The quantitative estimate of drug-likeness (QED) is 0.670. The Kier molecular flexibility index (Phi) is 2.93. The number of nitrogens with zero attached hydrogens (tertiary/aromatic N) is 3. The number of amides is 1. The molecule has 0 spiro atoms. The molecule has 3 rings (SSSR count). The molecule has 1 aliphatic carbocycles. The molecule has 2 atom stereocenters. The van der Waals surface area contributed by atoms with Crippen molar-refractivity contribution in [2.24, 2.45) is 5.92 Å². The third-order valence-corrected chi connectivity index (χ3v) is 4.42. The lowest BCUT2D eigenvalue weighted by molar-refractivity contribution is -0.0887. The number of hydrogen-bond acceptors (Lipinski definition) is 5. The van der Waals surface area contributed by atoms with E-state index >= 15 is 0 Å². The van der Waals surface area contributed by atoms with Crippen LogP contribution >= 0.6 is 0 Å². The number of carbonyl (C=O) groups is 1. The summed E-state index contributed by atoms with van der Waals surface area (Å²) < 4.78 is 0. The number of fused-ring (bicyclic) bond motifs is 1. The Hall–Kier alpha value is -1.63. The Morgan fingerprint density at radius 2 is 2.32 bits per heavy atom. The lowest BCUT2D eigenvalue weighted by atomic mass is 9.71. The zero-order chi connectivity index (χ0) is 13.5. The van der Waals surface area contributed by atoms with Gasteiger partial charge >= 0.3 is 0 Å². The normalized spacial score (nSPS) is 31.0. The van der Waals surface area contributed by atoms with Gasteiger partial charge in [0.05, 0.1) is 5.60 Å². The summed E-state index contributed by atoms with van der Waals surface area (Å²) in [6.45, 7) is 1.16. The van der Waals surface area contributed by atoms with Crippen molar-refractivity contribution >= 4 is 11.9 Å². The van der Waals surface area contributed by atoms with E-state index in [1.54, 1.807) is 4.90 Å². The topological polar surface area (TPSA) is 108 Å². The highest BCUT2D eigenvalue weighted by Crippen LogP contribution is 2.39. The molecule has 7 nitrogen and oxygen atoms in total. The summed E-state index contributed by atoms with van der Waals surface area (Å²) in [5, 5.41) is 16.8. The van der Waals surface area contributed by atoms with Gasteiger partial charge in [-0.1, -0.05) is 12.8 Å². The van der Waals surface area contributed by atoms with E-state index in [-0.39, 0.29) is 23.6 Å². The molecule has 0 bridgehead atoms. The maximum Gasteiger partial charge on any atom is 0.291 e. The molecule has 2 heterocycles. The van der Waals surface area contributed by atoms with E-state index in [4.69, 9.17) is 5.73 Å². The van der Waals surface area contributed by atoms with Gasteiger partial charge in [-0.25, -0.2) is 0 Å². The Labute approximate surface area is 111 Å². The Bertz CT molecular complexity index is 488. The smallest absolute Gasteiger partial charge is 0.291 e. The third kappa shape index (κ3) is 2.18. The molecule has 104 valence electrons. The number of aromatic amines is 1. The SMILES string of the molecule is Nc1n[nH]c(C(=O)N2CCC3(O)CCCCC3C2)n1. The lowest BCUT2D eigenvalue weighted by Crippen LogP contribution is -2.54. The number of H-pyrrole nitrogens is 1. The zero-order valence-electron chi connectivity index (χ0n) is 10.8. The first-order chi connectivity index (χ1) is 9.08. The van der Waals surface area contributed by atoms with Crippen LogP contribution in [0.2, 0.25) is 0 Å². The summed E-state index contributed by atoms with van der Waals surface area (Å²) >= 11 is 0. The molecule has 1 saturated heterocycles. The molecule has 0 radical (unpaired) electrons. The number of nitrogen functional groups attached to an aromatic ring is 1. The Morgan fingerprint density at radius 3 is 3.05 bits per heavy atom. The van der Waals surface area contributed by atoms with Crippen LogP contribution in [0.25, 0.3) is 0 Å². The fourth-order valence-electron chi connectivity index (χ4n) is 3.28. The number of aromatic nitrogens is 3. The second kappa shape index (κ2) is 4.48. The Morgan fingerprint density at radius 1 is 1.47 bits per heavy atom. The van der Waals surface area contributed by atoms with Gasteiger partial charge in [0.25, 0.3) is 5.91 Å². The van der Waals surface area contributed by atoms with Crippen molar-refractivity contribution in [3.8, 4) is 0 Å². The number of anilines is 1. The zero-order valence-corrected chi connectivity index (χ0v) is 10.8. The van der Waals surface area contributed by atoms with E-state index in [1.165, 1.54) is 0 Å². The minimum Gasteiger partial charge on any atom is -0.389 e. The van der Waals surface area contributed by atoms with Crippen molar-refractivity contribution in [2.45, 2.75) is 37.7 Å². The largest absolute Gasteiger partial charge is 0.389 e. The van der Waals surface area contributed by atoms with Gasteiger partial charge in [-0.05, 0) is 19.3 Å². The Balaban J connectivity index is 1.72. The highest BCUT2D eigenvalue weighted by atomic mass is 16.3. The predicted molar refractivity (Wildman–Crippen MR) is 68.2 cm³/mol. The standard InChI is InChI=1S/C12H19N5O2/c13-11-14-9(15-16-11)10(18)17-6-5-12(19)4-2-1-3-8(12)7-17/h8,19H,1-7H2,(H3,13,14,15,16). The number of piperidine rings is 1. The van der Waals surface area contributed by atoms with Gasteiger partial charge in [-0.15, -0.1) is 5.10 Å². The van der Waals surface area contributed by atoms with Gasteiger partial charge in [0, 0.05) is 19.0 Å². The molecule has 4 N–H and O–H groups in total. The van der Waals surface area contributed by atoms with Gasteiger partial charge in [0.15, 0.2) is 0 Å². The molecule has 2 unspecified atom stereocenters. The van der Waals surface area contributed by atoms with E-state index in [2.05, 4.69) is 15.2 Å². The summed E-state index contributed by atoms with van der Waals surface area (Å²) in [7, 11) is 0. The number of carbonyl (C=O) groups excluding carboxylic acids is 1. The van der Waals surface area contributed by atoms with Crippen LogP contribution in [0.4, 0.5) is 5.95 Å². The van der Waals surface area contributed by atoms with Gasteiger partial charge in [0.1, 0.15) is 0 Å². The van der Waals surface area contributed by atoms with Crippen molar-refractivity contribution in [1.29, 1.82) is 0 Å². The van der Waals surface area contributed by atoms with Crippen LogP contribution in [0.1, 0.15) is 42.7 Å². The summed E-state index contributed by atoms with van der Waals surface area (Å²) in [6, 6.07) is 0. The first-order valence-electron chi connectivity index (χ1n) is 6.78. The van der Waals surface area contributed by atoms with Gasteiger partial charge in [-0.2, -0.15) is 4.98 Å². The number of rotatable bonds is 1. The van der Waals surface area contributed by atoms with E-state index in [0.717, 1.165) is 25.7 Å². The number of nitrogens with one attached hydrogen (secondary N) is 1. The minimum absolute atomic E-state index is 0.0783. The van der Waals surface area contributed by atoms with Gasteiger partial charge < -0.3 is 15.7 Å². The van der Waals surface area contributed by atoms with Crippen LogP contribution < -0.4 is 5.73 Å². The van der Waals surface area contributed by atoms with Crippen molar-refractivity contribution in [3.63, 3.8) is 0 Å². The molecule has 1 amide bonds. The molecule has 2 aliphatic rings. The molecule has 0 aromatic carbocycles. The van der Waals surface area contributed by atoms with Crippen molar-refractivity contribution < 1.29 is 9.90 Å². The monoisotopic (exact) mass is 265 g/mol. The van der Waals surface area contributed by atoms with Gasteiger partial charge in [0.2, 0.25) is 11.8 Å². The second-order valence-electron chi connectivity index (χ2n) is 5.59.